The number of benzene rings is 1. The Balaban J connectivity index is 1.47. The number of piperidine rings is 1. The van der Waals surface area contributed by atoms with Gasteiger partial charge in [-0.3, -0.25) is 9.69 Å². The number of hydrogen-bond acceptors (Lipinski definition) is 2. The molecular weight excluding hydrogens is 334 g/mol. The van der Waals surface area contributed by atoms with E-state index in [0.29, 0.717) is 42.2 Å². The number of likely N-dealkylation sites (tertiary alicyclic amines) is 2. The Bertz CT molecular complexity index is 626. The van der Waals surface area contributed by atoms with Crippen molar-refractivity contribution in [1.29, 1.82) is 0 Å². The summed E-state index contributed by atoms with van der Waals surface area (Å²) >= 11 is 0. The lowest BCUT2D eigenvalue weighted by molar-refractivity contribution is -0.131. The molecule has 3 nitrogen and oxygen atoms in total. The summed E-state index contributed by atoms with van der Waals surface area (Å²) < 4.78 is 27.2. The van der Waals surface area contributed by atoms with Gasteiger partial charge in [-0.15, -0.1) is 0 Å². The van der Waals surface area contributed by atoms with Crippen LogP contribution in [0.3, 0.4) is 0 Å². The molecule has 0 radical (unpaired) electrons. The predicted molar refractivity (Wildman–Crippen MR) is 98.5 cm³/mol. The van der Waals surface area contributed by atoms with Gasteiger partial charge in [0.15, 0.2) is 11.6 Å². The van der Waals surface area contributed by atoms with Gasteiger partial charge >= 0.3 is 0 Å². The second-order valence-corrected chi connectivity index (χ2v) is 8.31. The highest BCUT2D eigenvalue weighted by Crippen LogP contribution is 2.32. The zero-order chi connectivity index (χ0) is 18.7. The van der Waals surface area contributed by atoms with Crippen LogP contribution < -0.4 is 0 Å². The third-order valence-corrected chi connectivity index (χ3v) is 5.88. The van der Waals surface area contributed by atoms with Crippen molar-refractivity contribution in [1.82, 2.24) is 9.80 Å². The van der Waals surface area contributed by atoms with E-state index >= 15 is 0 Å². The highest BCUT2D eigenvalue weighted by molar-refractivity contribution is 5.76. The van der Waals surface area contributed by atoms with Crippen molar-refractivity contribution in [2.24, 2.45) is 17.8 Å². The molecule has 1 aromatic carbocycles. The average molecular weight is 364 g/mol. The Morgan fingerprint density at radius 3 is 2.50 bits per heavy atom. The van der Waals surface area contributed by atoms with Gasteiger partial charge in [0, 0.05) is 31.6 Å². The van der Waals surface area contributed by atoms with Gasteiger partial charge in [0.1, 0.15) is 0 Å². The first-order valence-electron chi connectivity index (χ1n) is 9.87. The largest absolute Gasteiger partial charge is 0.342 e. The van der Waals surface area contributed by atoms with E-state index < -0.39 is 11.6 Å². The molecule has 2 aliphatic rings. The molecular formula is C21H30F2N2O. The minimum atomic E-state index is -0.769. The number of rotatable bonds is 5. The van der Waals surface area contributed by atoms with Crippen LogP contribution in [0.2, 0.25) is 0 Å². The molecule has 0 unspecified atom stereocenters. The Kier molecular flexibility index (Phi) is 6.28. The van der Waals surface area contributed by atoms with E-state index in [-0.39, 0.29) is 0 Å². The lowest BCUT2D eigenvalue weighted by atomic mass is 9.83. The molecule has 2 fully saturated rings. The van der Waals surface area contributed by atoms with E-state index in [1.807, 2.05) is 4.90 Å². The topological polar surface area (TPSA) is 23.6 Å². The fourth-order valence-corrected chi connectivity index (χ4v) is 4.37. The third kappa shape index (κ3) is 4.61. The molecule has 1 amide bonds. The van der Waals surface area contributed by atoms with E-state index in [2.05, 4.69) is 18.7 Å². The summed E-state index contributed by atoms with van der Waals surface area (Å²) in [5.41, 5.74) is 0.440. The van der Waals surface area contributed by atoms with Crippen molar-refractivity contribution in [3.05, 3.63) is 35.4 Å². The summed E-state index contributed by atoms with van der Waals surface area (Å²) in [6, 6.07) is 4.40. The number of hydrogen-bond donors (Lipinski definition) is 0. The fraction of sp³-hybridized carbons (Fsp3) is 0.667. The predicted octanol–water partition coefficient (Wildman–Crippen LogP) is 4.07. The standard InChI is InChI=1S/C21H30F2N2O/c1-15(2)12-20(26)25-11-8-17(14-25)16-6-9-24(10-7-16)13-18-4-3-5-19(22)21(18)23/h3-5,15-17H,6-14H2,1-2H3/t17-/m1/s1. The highest BCUT2D eigenvalue weighted by Gasteiger charge is 2.33. The van der Waals surface area contributed by atoms with Crippen molar-refractivity contribution in [3.8, 4) is 0 Å². The van der Waals surface area contributed by atoms with Crippen LogP contribution >= 0.6 is 0 Å². The van der Waals surface area contributed by atoms with Crippen LogP contribution in [0, 0.1) is 29.4 Å². The Labute approximate surface area is 155 Å². The number of carbonyl (C=O) groups is 1. The van der Waals surface area contributed by atoms with Crippen LogP contribution in [0.1, 0.15) is 45.1 Å². The summed E-state index contributed by atoms with van der Waals surface area (Å²) in [7, 11) is 0. The molecule has 1 aromatic rings. The Morgan fingerprint density at radius 2 is 1.81 bits per heavy atom. The summed E-state index contributed by atoms with van der Waals surface area (Å²) in [5, 5.41) is 0. The van der Waals surface area contributed by atoms with Gasteiger partial charge in [-0.1, -0.05) is 26.0 Å². The molecule has 144 valence electrons. The summed E-state index contributed by atoms with van der Waals surface area (Å²) in [5.74, 6) is 0.452. The molecule has 0 aromatic heterocycles. The molecule has 2 aliphatic heterocycles. The second-order valence-electron chi connectivity index (χ2n) is 8.31. The number of amides is 1. The van der Waals surface area contributed by atoms with Crippen molar-refractivity contribution in [3.63, 3.8) is 0 Å². The number of carbonyl (C=O) groups excluding carboxylic acids is 1. The molecule has 26 heavy (non-hydrogen) atoms. The summed E-state index contributed by atoms with van der Waals surface area (Å²) in [6.45, 7) is 8.26. The van der Waals surface area contributed by atoms with Crippen LogP contribution in [0.15, 0.2) is 18.2 Å². The number of nitrogens with zero attached hydrogens (tertiary/aromatic N) is 2. The average Bonchev–Trinajstić information content (AvgIpc) is 3.09. The first-order chi connectivity index (χ1) is 12.4. The molecule has 0 spiro atoms. The molecule has 2 saturated heterocycles. The Morgan fingerprint density at radius 1 is 1.12 bits per heavy atom. The molecule has 1 atom stereocenters. The molecule has 2 heterocycles. The normalized spacial score (nSPS) is 22.3. The molecule has 3 rings (SSSR count). The monoisotopic (exact) mass is 364 g/mol. The molecule has 0 N–H and O–H groups in total. The molecule has 0 aliphatic carbocycles. The zero-order valence-corrected chi connectivity index (χ0v) is 15.9. The highest BCUT2D eigenvalue weighted by atomic mass is 19.2. The van der Waals surface area contributed by atoms with Gasteiger partial charge in [0.2, 0.25) is 5.91 Å². The van der Waals surface area contributed by atoms with Crippen molar-refractivity contribution >= 4 is 5.91 Å². The SMILES string of the molecule is CC(C)CC(=O)N1CC[C@@H](C2CCN(Cc3cccc(F)c3F)CC2)C1. The summed E-state index contributed by atoms with van der Waals surface area (Å²) in [4.78, 5) is 16.5. The van der Waals surface area contributed by atoms with E-state index in [1.54, 1.807) is 12.1 Å². The first-order valence-corrected chi connectivity index (χ1v) is 9.87. The minimum Gasteiger partial charge on any atom is -0.342 e. The zero-order valence-electron chi connectivity index (χ0n) is 15.9. The maximum Gasteiger partial charge on any atom is 0.222 e. The molecule has 0 bridgehead atoms. The lowest BCUT2D eigenvalue weighted by Crippen LogP contribution is -2.37. The van der Waals surface area contributed by atoms with E-state index in [9.17, 15) is 13.6 Å². The van der Waals surface area contributed by atoms with Crippen LogP contribution in [0.25, 0.3) is 0 Å². The maximum absolute atomic E-state index is 13.8. The van der Waals surface area contributed by atoms with Gasteiger partial charge in [-0.2, -0.15) is 0 Å². The first kappa shape index (κ1) is 19.3. The van der Waals surface area contributed by atoms with Gasteiger partial charge in [-0.25, -0.2) is 8.78 Å². The van der Waals surface area contributed by atoms with E-state index in [0.717, 1.165) is 51.5 Å². The van der Waals surface area contributed by atoms with Gasteiger partial charge in [0.05, 0.1) is 0 Å². The summed E-state index contributed by atoms with van der Waals surface area (Å²) in [6.07, 6.45) is 3.90. The molecule has 5 heteroatoms. The van der Waals surface area contributed by atoms with Crippen LogP contribution in [-0.4, -0.2) is 41.9 Å². The maximum atomic E-state index is 13.8. The van der Waals surface area contributed by atoms with Crippen LogP contribution in [0.5, 0.6) is 0 Å². The van der Waals surface area contributed by atoms with E-state index in [1.165, 1.54) is 0 Å². The second kappa shape index (κ2) is 8.47. The third-order valence-electron chi connectivity index (χ3n) is 5.88. The molecule has 0 saturated carbocycles. The van der Waals surface area contributed by atoms with Crippen molar-refractivity contribution in [2.75, 3.05) is 26.2 Å². The minimum absolute atomic E-state index is 0.293. The smallest absolute Gasteiger partial charge is 0.222 e. The van der Waals surface area contributed by atoms with Crippen molar-refractivity contribution < 1.29 is 13.6 Å². The Hall–Kier alpha value is -1.49. The van der Waals surface area contributed by atoms with Gasteiger partial charge < -0.3 is 4.90 Å². The van der Waals surface area contributed by atoms with Crippen LogP contribution in [-0.2, 0) is 11.3 Å². The number of halogens is 2. The van der Waals surface area contributed by atoms with Gasteiger partial charge in [-0.05, 0) is 56.2 Å². The van der Waals surface area contributed by atoms with Gasteiger partial charge in [0.25, 0.3) is 0 Å². The quantitative estimate of drug-likeness (QED) is 0.786. The van der Waals surface area contributed by atoms with Crippen molar-refractivity contribution in [2.45, 2.75) is 46.1 Å². The van der Waals surface area contributed by atoms with E-state index in [4.69, 9.17) is 0 Å². The van der Waals surface area contributed by atoms with Crippen LogP contribution in [0.4, 0.5) is 8.78 Å². The lowest BCUT2D eigenvalue weighted by Gasteiger charge is -2.35. The fourth-order valence-electron chi connectivity index (χ4n) is 4.37.